The van der Waals surface area contributed by atoms with Crippen molar-refractivity contribution in [2.24, 2.45) is 0 Å². The molecule has 1 aliphatic rings. The third-order valence-electron chi connectivity index (χ3n) is 4.78. The van der Waals surface area contributed by atoms with Crippen molar-refractivity contribution in [2.45, 2.75) is 0 Å². The number of nitrogens with zero attached hydrogens (tertiary/aromatic N) is 3. The number of nitriles is 1. The zero-order valence-electron chi connectivity index (χ0n) is 16.5. The third-order valence-corrected chi connectivity index (χ3v) is 5.68. The average molecular weight is 412 g/mol. The van der Waals surface area contributed by atoms with Crippen molar-refractivity contribution in [3.63, 3.8) is 0 Å². The summed E-state index contributed by atoms with van der Waals surface area (Å²) in [6, 6.07) is 17.2. The highest BCUT2D eigenvalue weighted by Crippen LogP contribution is 2.21. The van der Waals surface area contributed by atoms with Crippen LogP contribution in [-0.4, -0.2) is 62.2 Å². The van der Waals surface area contributed by atoms with Gasteiger partial charge in [0.2, 0.25) is 5.91 Å². The van der Waals surface area contributed by atoms with Crippen LogP contribution >= 0.6 is 11.8 Å². The molecule has 1 heterocycles. The van der Waals surface area contributed by atoms with Crippen molar-refractivity contribution in [1.29, 1.82) is 5.26 Å². The molecule has 0 N–H and O–H groups in total. The summed E-state index contributed by atoms with van der Waals surface area (Å²) in [6.07, 6.45) is 0. The van der Waals surface area contributed by atoms with E-state index in [4.69, 9.17) is 14.7 Å². The molecule has 1 amide bonds. The number of amides is 1. The van der Waals surface area contributed by atoms with Gasteiger partial charge in [0.25, 0.3) is 0 Å². The van der Waals surface area contributed by atoms with Crippen LogP contribution in [-0.2, 0) is 4.79 Å². The summed E-state index contributed by atoms with van der Waals surface area (Å²) in [5.41, 5.74) is 1.77. The molecule has 0 aromatic heterocycles. The first-order chi connectivity index (χ1) is 14.2. The number of carbonyl (C=O) groups is 1. The molecule has 6 nitrogen and oxygen atoms in total. The molecule has 1 aliphatic heterocycles. The van der Waals surface area contributed by atoms with Gasteiger partial charge in [-0.3, -0.25) is 4.79 Å². The first kappa shape index (κ1) is 20.9. The number of thioether (sulfide) groups is 1. The molecule has 0 spiro atoms. The minimum Gasteiger partial charge on any atom is -0.497 e. The molecular weight excluding hydrogens is 386 g/mol. The van der Waals surface area contributed by atoms with Crippen LogP contribution < -0.4 is 14.4 Å². The largest absolute Gasteiger partial charge is 0.497 e. The van der Waals surface area contributed by atoms with Crippen LogP contribution in [0, 0.1) is 11.3 Å². The number of hydrogen-bond donors (Lipinski definition) is 0. The van der Waals surface area contributed by atoms with Crippen molar-refractivity contribution in [3.8, 4) is 17.6 Å². The monoisotopic (exact) mass is 411 g/mol. The lowest BCUT2D eigenvalue weighted by Crippen LogP contribution is -2.49. The Labute approximate surface area is 176 Å². The van der Waals surface area contributed by atoms with E-state index in [1.165, 1.54) is 0 Å². The Hall–Kier alpha value is -2.85. The van der Waals surface area contributed by atoms with E-state index < -0.39 is 0 Å². The van der Waals surface area contributed by atoms with E-state index in [1.54, 1.807) is 43.1 Å². The molecule has 3 rings (SSSR count). The predicted molar refractivity (Wildman–Crippen MR) is 116 cm³/mol. The Bertz CT molecular complexity index is 826. The summed E-state index contributed by atoms with van der Waals surface area (Å²) in [4.78, 5) is 16.7. The number of ether oxygens (including phenoxy) is 2. The van der Waals surface area contributed by atoms with Gasteiger partial charge in [0.05, 0.1) is 31.1 Å². The highest BCUT2D eigenvalue weighted by atomic mass is 32.2. The highest BCUT2D eigenvalue weighted by Gasteiger charge is 2.21. The first-order valence-corrected chi connectivity index (χ1v) is 10.7. The lowest BCUT2D eigenvalue weighted by Gasteiger charge is -2.36. The smallest absolute Gasteiger partial charge is 0.232 e. The van der Waals surface area contributed by atoms with Gasteiger partial charge in [-0.25, -0.2) is 0 Å². The molecule has 1 saturated heterocycles. The summed E-state index contributed by atoms with van der Waals surface area (Å²) >= 11 is 1.59. The van der Waals surface area contributed by atoms with Gasteiger partial charge in [0.15, 0.2) is 0 Å². The van der Waals surface area contributed by atoms with Crippen molar-refractivity contribution in [3.05, 3.63) is 54.1 Å². The van der Waals surface area contributed by atoms with E-state index in [1.807, 2.05) is 17.0 Å². The van der Waals surface area contributed by atoms with Crippen LogP contribution in [0.5, 0.6) is 11.5 Å². The Morgan fingerprint density at radius 3 is 2.31 bits per heavy atom. The summed E-state index contributed by atoms with van der Waals surface area (Å²) in [6.45, 7) is 3.70. The van der Waals surface area contributed by atoms with E-state index >= 15 is 0 Å². The molecule has 0 bridgehead atoms. The standard InChI is InChI=1S/C22H25N3O3S/c1-27-20-8-4-19(5-9-20)24-10-12-25(13-11-24)22(26)17-29-15-14-28-21-6-2-18(16-23)3-7-21/h2-9H,10-15,17H2,1H3. The average Bonchev–Trinajstić information content (AvgIpc) is 2.79. The van der Waals surface area contributed by atoms with E-state index in [0.29, 0.717) is 17.9 Å². The molecule has 29 heavy (non-hydrogen) atoms. The molecule has 0 radical (unpaired) electrons. The van der Waals surface area contributed by atoms with E-state index in [2.05, 4.69) is 23.1 Å². The van der Waals surface area contributed by atoms with Gasteiger partial charge in [0, 0.05) is 37.6 Å². The molecule has 2 aromatic rings. The second kappa shape index (κ2) is 10.6. The van der Waals surface area contributed by atoms with Gasteiger partial charge in [-0.05, 0) is 48.5 Å². The van der Waals surface area contributed by atoms with Crippen LogP contribution in [0.3, 0.4) is 0 Å². The second-order valence-corrected chi connectivity index (χ2v) is 7.71. The number of benzene rings is 2. The van der Waals surface area contributed by atoms with E-state index in [0.717, 1.165) is 49.1 Å². The summed E-state index contributed by atoms with van der Waals surface area (Å²) < 4.78 is 10.8. The molecular formula is C22H25N3O3S. The first-order valence-electron chi connectivity index (χ1n) is 9.57. The van der Waals surface area contributed by atoms with Crippen LogP contribution in [0.1, 0.15) is 5.56 Å². The third kappa shape index (κ3) is 6.06. The number of carbonyl (C=O) groups excluding carboxylic acids is 1. The van der Waals surface area contributed by atoms with Gasteiger partial charge in [-0.15, -0.1) is 11.8 Å². The Balaban J connectivity index is 1.32. The quantitative estimate of drug-likeness (QED) is 0.622. The number of anilines is 1. The molecule has 7 heteroatoms. The maximum Gasteiger partial charge on any atom is 0.232 e. The fourth-order valence-electron chi connectivity index (χ4n) is 3.10. The normalized spacial score (nSPS) is 13.7. The minimum absolute atomic E-state index is 0.183. The number of methoxy groups -OCH3 is 1. The lowest BCUT2D eigenvalue weighted by atomic mass is 10.2. The minimum atomic E-state index is 0.183. The predicted octanol–water partition coefficient (Wildman–Crippen LogP) is 3.03. The molecule has 0 aliphatic carbocycles. The van der Waals surface area contributed by atoms with Gasteiger partial charge >= 0.3 is 0 Å². The van der Waals surface area contributed by atoms with E-state index in [-0.39, 0.29) is 5.91 Å². The number of rotatable bonds is 8. The zero-order chi connectivity index (χ0) is 20.5. The summed E-state index contributed by atoms with van der Waals surface area (Å²) in [7, 11) is 1.66. The second-order valence-electron chi connectivity index (χ2n) is 6.60. The number of piperazine rings is 1. The Morgan fingerprint density at radius 2 is 1.69 bits per heavy atom. The van der Waals surface area contributed by atoms with Crippen LogP contribution in [0.2, 0.25) is 0 Å². The molecule has 1 fully saturated rings. The Kier molecular flexibility index (Phi) is 7.65. The van der Waals surface area contributed by atoms with Gasteiger partial charge < -0.3 is 19.3 Å². The highest BCUT2D eigenvalue weighted by molar-refractivity contribution is 7.99. The van der Waals surface area contributed by atoms with Crippen LogP contribution in [0.4, 0.5) is 5.69 Å². The van der Waals surface area contributed by atoms with Crippen molar-refractivity contribution < 1.29 is 14.3 Å². The summed E-state index contributed by atoms with van der Waals surface area (Å²) in [5, 5.41) is 8.79. The van der Waals surface area contributed by atoms with Crippen LogP contribution in [0.15, 0.2) is 48.5 Å². The maximum atomic E-state index is 12.4. The van der Waals surface area contributed by atoms with Crippen molar-refractivity contribution in [2.75, 3.05) is 56.3 Å². The fourth-order valence-corrected chi connectivity index (χ4v) is 3.80. The maximum absolute atomic E-state index is 12.4. The molecule has 2 aromatic carbocycles. The zero-order valence-corrected chi connectivity index (χ0v) is 17.4. The van der Waals surface area contributed by atoms with Crippen molar-refractivity contribution >= 4 is 23.4 Å². The lowest BCUT2D eigenvalue weighted by molar-refractivity contribution is -0.128. The number of hydrogen-bond acceptors (Lipinski definition) is 6. The fraction of sp³-hybridized carbons (Fsp3) is 0.364. The van der Waals surface area contributed by atoms with Crippen LogP contribution in [0.25, 0.3) is 0 Å². The summed E-state index contributed by atoms with van der Waals surface area (Å²) in [5.74, 6) is 2.99. The van der Waals surface area contributed by atoms with Gasteiger partial charge in [-0.2, -0.15) is 5.26 Å². The molecule has 152 valence electrons. The SMILES string of the molecule is COc1ccc(N2CCN(C(=O)CSCCOc3ccc(C#N)cc3)CC2)cc1. The molecule has 0 unspecified atom stereocenters. The van der Waals surface area contributed by atoms with Gasteiger partial charge in [0.1, 0.15) is 11.5 Å². The van der Waals surface area contributed by atoms with E-state index in [9.17, 15) is 4.79 Å². The Morgan fingerprint density at radius 1 is 1.03 bits per heavy atom. The van der Waals surface area contributed by atoms with Gasteiger partial charge in [-0.1, -0.05) is 0 Å². The van der Waals surface area contributed by atoms with Crippen molar-refractivity contribution in [1.82, 2.24) is 4.90 Å². The molecule has 0 saturated carbocycles. The molecule has 0 atom stereocenters. The topological polar surface area (TPSA) is 65.8 Å².